The SMILES string of the molecule is C=CCNS(=O)(=O)c1cc(C(=O)NC2CCN(CC=C(C)C)CC2)ccc1F. The lowest BCUT2D eigenvalue weighted by Gasteiger charge is -2.31. The number of allylic oxidation sites excluding steroid dienone is 1. The first kappa shape index (κ1) is 22.3. The number of rotatable bonds is 8. The number of piperidine rings is 1. The number of halogens is 1. The summed E-state index contributed by atoms with van der Waals surface area (Å²) in [6.07, 6.45) is 5.17. The molecule has 1 heterocycles. The first-order valence-corrected chi connectivity index (χ1v) is 10.8. The molecule has 1 aromatic rings. The van der Waals surface area contributed by atoms with Gasteiger partial charge in [0.25, 0.3) is 5.91 Å². The number of benzene rings is 1. The van der Waals surface area contributed by atoms with Crippen LogP contribution in [0, 0.1) is 5.82 Å². The molecule has 0 radical (unpaired) electrons. The molecule has 1 aromatic carbocycles. The maximum atomic E-state index is 14.0. The summed E-state index contributed by atoms with van der Waals surface area (Å²) in [5.74, 6) is -1.30. The van der Waals surface area contributed by atoms with Crippen molar-refractivity contribution < 1.29 is 17.6 Å². The molecule has 1 fully saturated rings. The van der Waals surface area contributed by atoms with Crippen LogP contribution in [-0.4, -0.2) is 51.4 Å². The largest absolute Gasteiger partial charge is 0.349 e. The molecule has 6 nitrogen and oxygen atoms in total. The van der Waals surface area contributed by atoms with Gasteiger partial charge in [-0.3, -0.25) is 9.69 Å². The Morgan fingerprint density at radius 2 is 2.00 bits per heavy atom. The standard InChI is InChI=1S/C20H28FN3O3S/c1-4-10-22-28(26,27)19-14-16(5-6-18(19)21)20(25)23-17-8-12-24(13-9-17)11-7-15(2)3/h4-7,14,17,22H,1,8-13H2,2-3H3,(H,23,25). The maximum absolute atomic E-state index is 14.0. The second-order valence-electron chi connectivity index (χ2n) is 7.12. The van der Waals surface area contributed by atoms with Crippen molar-refractivity contribution in [3.63, 3.8) is 0 Å². The Bertz CT molecular complexity index is 840. The smallest absolute Gasteiger partial charge is 0.251 e. The van der Waals surface area contributed by atoms with Crippen LogP contribution in [0.25, 0.3) is 0 Å². The zero-order chi connectivity index (χ0) is 20.7. The quantitative estimate of drug-likeness (QED) is 0.647. The zero-order valence-electron chi connectivity index (χ0n) is 16.4. The zero-order valence-corrected chi connectivity index (χ0v) is 17.2. The topological polar surface area (TPSA) is 78.5 Å². The summed E-state index contributed by atoms with van der Waals surface area (Å²) in [5.41, 5.74) is 1.40. The van der Waals surface area contributed by atoms with Gasteiger partial charge in [0.15, 0.2) is 0 Å². The highest BCUT2D eigenvalue weighted by Crippen LogP contribution is 2.17. The van der Waals surface area contributed by atoms with Gasteiger partial charge >= 0.3 is 0 Å². The minimum absolute atomic E-state index is 0.0134. The first-order chi connectivity index (χ1) is 13.2. The third kappa shape index (κ3) is 6.25. The van der Waals surface area contributed by atoms with E-state index in [1.165, 1.54) is 17.7 Å². The number of sulfonamides is 1. The van der Waals surface area contributed by atoms with E-state index in [1.54, 1.807) is 0 Å². The molecule has 2 N–H and O–H groups in total. The average molecular weight is 410 g/mol. The van der Waals surface area contributed by atoms with E-state index in [9.17, 15) is 17.6 Å². The fourth-order valence-electron chi connectivity index (χ4n) is 2.94. The summed E-state index contributed by atoms with van der Waals surface area (Å²) in [5, 5.41) is 2.93. The third-order valence-corrected chi connectivity index (χ3v) is 6.02. The van der Waals surface area contributed by atoms with Gasteiger partial charge in [-0.25, -0.2) is 17.5 Å². The molecule has 1 saturated heterocycles. The van der Waals surface area contributed by atoms with Crippen LogP contribution in [-0.2, 0) is 10.0 Å². The van der Waals surface area contributed by atoms with Gasteiger partial charge in [0.05, 0.1) is 0 Å². The van der Waals surface area contributed by atoms with Crippen LogP contribution in [0.1, 0.15) is 37.0 Å². The summed E-state index contributed by atoms with van der Waals surface area (Å²) in [6, 6.07) is 3.38. The molecule has 0 bridgehead atoms. The van der Waals surface area contributed by atoms with Gasteiger partial charge in [-0.1, -0.05) is 17.7 Å². The number of nitrogens with one attached hydrogen (secondary N) is 2. The number of amides is 1. The summed E-state index contributed by atoms with van der Waals surface area (Å²) in [6.45, 7) is 10.2. The van der Waals surface area contributed by atoms with Crippen molar-refractivity contribution in [1.29, 1.82) is 0 Å². The molecule has 28 heavy (non-hydrogen) atoms. The van der Waals surface area contributed by atoms with Crippen molar-refractivity contribution in [3.8, 4) is 0 Å². The number of hydrogen-bond donors (Lipinski definition) is 2. The maximum Gasteiger partial charge on any atom is 0.251 e. The van der Waals surface area contributed by atoms with Gasteiger partial charge in [0.2, 0.25) is 10.0 Å². The minimum atomic E-state index is -4.05. The molecule has 1 amide bonds. The van der Waals surface area contributed by atoms with E-state index in [1.807, 2.05) is 0 Å². The predicted octanol–water partition coefficient (Wildman–Crippen LogP) is 2.45. The predicted molar refractivity (Wildman–Crippen MR) is 108 cm³/mol. The Morgan fingerprint density at radius 3 is 2.61 bits per heavy atom. The first-order valence-electron chi connectivity index (χ1n) is 9.29. The van der Waals surface area contributed by atoms with Crippen molar-refractivity contribution in [2.75, 3.05) is 26.2 Å². The van der Waals surface area contributed by atoms with Crippen LogP contribution in [0.5, 0.6) is 0 Å². The summed E-state index contributed by atoms with van der Waals surface area (Å²) >= 11 is 0. The average Bonchev–Trinajstić information content (AvgIpc) is 2.66. The van der Waals surface area contributed by atoms with Gasteiger partial charge in [-0.15, -0.1) is 6.58 Å². The minimum Gasteiger partial charge on any atom is -0.349 e. The molecule has 2 rings (SSSR count). The Hall–Kier alpha value is -2.03. The Labute approximate surface area is 166 Å². The number of carbonyl (C=O) groups is 1. The van der Waals surface area contributed by atoms with Gasteiger partial charge in [-0.05, 0) is 44.9 Å². The van der Waals surface area contributed by atoms with Crippen LogP contribution in [0.3, 0.4) is 0 Å². The molecule has 0 unspecified atom stereocenters. The van der Waals surface area contributed by atoms with E-state index in [-0.39, 0.29) is 18.2 Å². The van der Waals surface area contributed by atoms with Crippen LogP contribution in [0.15, 0.2) is 47.4 Å². The molecule has 0 saturated carbocycles. The van der Waals surface area contributed by atoms with E-state index in [2.05, 4.69) is 41.4 Å². The van der Waals surface area contributed by atoms with E-state index in [0.29, 0.717) is 0 Å². The lowest BCUT2D eigenvalue weighted by molar-refractivity contribution is 0.0913. The molecule has 8 heteroatoms. The van der Waals surface area contributed by atoms with E-state index < -0.39 is 26.6 Å². The molecule has 0 spiro atoms. The highest BCUT2D eigenvalue weighted by atomic mass is 32.2. The molecular formula is C20H28FN3O3S. The van der Waals surface area contributed by atoms with Crippen LogP contribution in [0.2, 0.25) is 0 Å². The summed E-state index contributed by atoms with van der Waals surface area (Å²) in [4.78, 5) is 14.3. The van der Waals surface area contributed by atoms with Crippen molar-refractivity contribution in [2.45, 2.75) is 37.6 Å². The van der Waals surface area contributed by atoms with Crippen LogP contribution >= 0.6 is 0 Å². The van der Waals surface area contributed by atoms with Crippen LogP contribution in [0.4, 0.5) is 4.39 Å². The van der Waals surface area contributed by atoms with E-state index in [0.717, 1.165) is 44.6 Å². The molecule has 1 aliphatic rings. The van der Waals surface area contributed by atoms with E-state index >= 15 is 0 Å². The van der Waals surface area contributed by atoms with Crippen LogP contribution < -0.4 is 10.0 Å². The molecule has 0 atom stereocenters. The molecular weight excluding hydrogens is 381 g/mol. The van der Waals surface area contributed by atoms with Crippen molar-refractivity contribution >= 4 is 15.9 Å². The monoisotopic (exact) mass is 409 g/mol. The Morgan fingerprint density at radius 1 is 1.32 bits per heavy atom. The van der Waals surface area contributed by atoms with Gasteiger partial charge in [0.1, 0.15) is 10.7 Å². The highest BCUT2D eigenvalue weighted by molar-refractivity contribution is 7.89. The molecule has 1 aliphatic heterocycles. The Kier molecular flexibility index (Phi) is 7.91. The number of likely N-dealkylation sites (tertiary alicyclic amines) is 1. The third-order valence-electron chi connectivity index (χ3n) is 4.58. The fourth-order valence-corrected chi connectivity index (χ4v) is 4.04. The van der Waals surface area contributed by atoms with Crippen molar-refractivity contribution in [1.82, 2.24) is 14.9 Å². The van der Waals surface area contributed by atoms with E-state index in [4.69, 9.17) is 0 Å². The lowest BCUT2D eigenvalue weighted by atomic mass is 10.0. The molecule has 0 aromatic heterocycles. The van der Waals surface area contributed by atoms with Gasteiger partial charge in [0, 0.05) is 37.8 Å². The van der Waals surface area contributed by atoms with Crippen molar-refractivity contribution in [3.05, 3.63) is 53.9 Å². The fraction of sp³-hybridized carbons (Fsp3) is 0.450. The number of carbonyl (C=O) groups excluding carboxylic acids is 1. The normalized spacial score (nSPS) is 15.8. The van der Waals surface area contributed by atoms with Gasteiger partial charge < -0.3 is 5.32 Å². The summed E-state index contributed by atoms with van der Waals surface area (Å²) < 4.78 is 40.6. The Balaban J connectivity index is 2.01. The molecule has 0 aliphatic carbocycles. The lowest BCUT2D eigenvalue weighted by Crippen LogP contribution is -2.44. The molecule has 154 valence electrons. The number of nitrogens with zero attached hydrogens (tertiary/aromatic N) is 1. The number of hydrogen-bond acceptors (Lipinski definition) is 4. The second kappa shape index (κ2) is 9.95. The summed E-state index contributed by atoms with van der Waals surface area (Å²) in [7, 11) is -4.05. The van der Waals surface area contributed by atoms with Crippen molar-refractivity contribution in [2.24, 2.45) is 0 Å². The highest BCUT2D eigenvalue weighted by Gasteiger charge is 2.23. The van der Waals surface area contributed by atoms with Gasteiger partial charge in [-0.2, -0.15) is 0 Å². The second-order valence-corrected chi connectivity index (χ2v) is 8.85.